The van der Waals surface area contributed by atoms with Gasteiger partial charge in [0.05, 0.1) is 0 Å². The van der Waals surface area contributed by atoms with Crippen LogP contribution in [0.2, 0.25) is 0 Å². The summed E-state index contributed by atoms with van der Waals surface area (Å²) in [4.78, 5) is 7.24. The molecule has 0 radical (unpaired) electrons. The molecule has 6 heteroatoms. The van der Waals surface area contributed by atoms with E-state index in [9.17, 15) is 8.42 Å². The molecule has 11 heavy (non-hydrogen) atoms. The maximum absolute atomic E-state index is 10.8. The second kappa shape index (κ2) is 2.86. The number of hydrogen-bond acceptors (Lipinski definition) is 4. The summed E-state index contributed by atoms with van der Waals surface area (Å²) < 4.78 is 22.1. The van der Waals surface area contributed by atoms with Gasteiger partial charge in [-0.1, -0.05) is 0 Å². The van der Waals surface area contributed by atoms with Crippen molar-refractivity contribution >= 4 is 25.8 Å². The van der Waals surface area contributed by atoms with E-state index in [1.807, 2.05) is 0 Å². The van der Waals surface area contributed by atoms with Crippen molar-refractivity contribution in [3.8, 4) is 0 Å². The SMILES string of the molecule is CS(=O)(=O)c1nccc(Br)n1. The lowest BCUT2D eigenvalue weighted by molar-refractivity contribution is 0.592. The minimum Gasteiger partial charge on any atom is -0.227 e. The monoisotopic (exact) mass is 236 g/mol. The molecule has 0 fully saturated rings. The smallest absolute Gasteiger partial charge is 0.227 e. The first kappa shape index (κ1) is 8.61. The van der Waals surface area contributed by atoms with E-state index in [4.69, 9.17) is 0 Å². The van der Waals surface area contributed by atoms with Crippen molar-refractivity contribution in [3.63, 3.8) is 0 Å². The lowest BCUT2D eigenvalue weighted by atomic mass is 10.7. The van der Waals surface area contributed by atoms with E-state index < -0.39 is 9.84 Å². The van der Waals surface area contributed by atoms with Crippen molar-refractivity contribution in [1.82, 2.24) is 9.97 Å². The van der Waals surface area contributed by atoms with Gasteiger partial charge in [0.15, 0.2) is 0 Å². The van der Waals surface area contributed by atoms with E-state index in [0.717, 1.165) is 6.26 Å². The molecule has 4 nitrogen and oxygen atoms in total. The Hall–Kier alpha value is -0.490. The summed E-state index contributed by atoms with van der Waals surface area (Å²) >= 11 is 3.04. The molecule has 60 valence electrons. The Bertz CT molecular complexity index is 363. The fraction of sp³-hybridized carbons (Fsp3) is 0.200. The Morgan fingerprint density at radius 2 is 2.18 bits per heavy atom. The van der Waals surface area contributed by atoms with E-state index in [-0.39, 0.29) is 5.16 Å². The van der Waals surface area contributed by atoms with Crippen LogP contribution >= 0.6 is 15.9 Å². The van der Waals surface area contributed by atoms with E-state index in [1.54, 1.807) is 6.07 Å². The van der Waals surface area contributed by atoms with Crippen molar-refractivity contribution in [2.75, 3.05) is 6.26 Å². The van der Waals surface area contributed by atoms with Crippen LogP contribution in [0, 0.1) is 0 Å². The fourth-order valence-corrected chi connectivity index (χ4v) is 1.42. The normalized spacial score (nSPS) is 11.5. The zero-order chi connectivity index (χ0) is 8.48. The predicted molar refractivity (Wildman–Crippen MR) is 42.8 cm³/mol. The van der Waals surface area contributed by atoms with Crippen molar-refractivity contribution in [3.05, 3.63) is 16.9 Å². The molecule has 0 aliphatic carbocycles. The van der Waals surface area contributed by atoms with Gasteiger partial charge in [-0.05, 0) is 22.0 Å². The number of hydrogen-bond donors (Lipinski definition) is 0. The minimum atomic E-state index is -3.28. The summed E-state index contributed by atoms with van der Waals surface area (Å²) in [6, 6.07) is 1.56. The molecule has 1 aromatic rings. The molecule has 0 N–H and O–H groups in total. The van der Waals surface area contributed by atoms with E-state index >= 15 is 0 Å². The third kappa shape index (κ3) is 2.23. The van der Waals surface area contributed by atoms with Gasteiger partial charge in [0.2, 0.25) is 15.0 Å². The zero-order valence-electron chi connectivity index (χ0n) is 5.65. The Labute approximate surface area is 72.7 Å². The molecule has 0 bridgehead atoms. The second-order valence-corrected chi connectivity index (χ2v) is 4.66. The van der Waals surface area contributed by atoms with Crippen LogP contribution in [-0.2, 0) is 9.84 Å². The van der Waals surface area contributed by atoms with E-state index in [2.05, 4.69) is 25.9 Å². The second-order valence-electron chi connectivity index (χ2n) is 1.93. The maximum atomic E-state index is 10.8. The largest absolute Gasteiger partial charge is 0.247 e. The molecular formula is C5H5BrN2O2S. The summed E-state index contributed by atoms with van der Waals surface area (Å²) in [7, 11) is -3.28. The average Bonchev–Trinajstić information content (AvgIpc) is 1.86. The van der Waals surface area contributed by atoms with Crippen LogP contribution in [0.1, 0.15) is 0 Å². The van der Waals surface area contributed by atoms with Crippen LogP contribution in [0.5, 0.6) is 0 Å². The lowest BCUT2D eigenvalue weighted by Gasteiger charge is -1.94. The van der Waals surface area contributed by atoms with Gasteiger partial charge in [-0.2, -0.15) is 0 Å². The average molecular weight is 237 g/mol. The Morgan fingerprint density at radius 1 is 1.55 bits per heavy atom. The first-order chi connectivity index (χ1) is 5.00. The summed E-state index contributed by atoms with van der Waals surface area (Å²) in [6.45, 7) is 0. The Morgan fingerprint density at radius 3 is 2.55 bits per heavy atom. The van der Waals surface area contributed by atoms with Crippen LogP contribution in [0.25, 0.3) is 0 Å². The van der Waals surface area contributed by atoms with E-state index in [1.165, 1.54) is 6.20 Å². The van der Waals surface area contributed by atoms with Gasteiger partial charge in [0.1, 0.15) is 4.60 Å². The highest BCUT2D eigenvalue weighted by molar-refractivity contribution is 9.10. The highest BCUT2D eigenvalue weighted by Crippen LogP contribution is 2.06. The van der Waals surface area contributed by atoms with Crippen LogP contribution in [0.15, 0.2) is 22.0 Å². The number of halogens is 1. The van der Waals surface area contributed by atoms with Crippen LogP contribution in [-0.4, -0.2) is 24.6 Å². The van der Waals surface area contributed by atoms with Gasteiger partial charge in [0, 0.05) is 12.5 Å². The van der Waals surface area contributed by atoms with Crippen molar-refractivity contribution in [2.24, 2.45) is 0 Å². The molecule has 0 unspecified atom stereocenters. The van der Waals surface area contributed by atoms with Gasteiger partial charge in [-0.3, -0.25) is 0 Å². The van der Waals surface area contributed by atoms with Crippen LogP contribution in [0.3, 0.4) is 0 Å². The summed E-state index contributed by atoms with van der Waals surface area (Å²) in [6.07, 6.45) is 2.45. The predicted octanol–water partition coefficient (Wildman–Crippen LogP) is 0.643. The number of aromatic nitrogens is 2. The third-order valence-electron chi connectivity index (χ3n) is 0.931. The Kier molecular flexibility index (Phi) is 2.24. The quantitative estimate of drug-likeness (QED) is 0.531. The standard InChI is InChI=1S/C5H5BrN2O2S/c1-11(9,10)5-7-3-2-4(6)8-5/h2-3H,1H3. The third-order valence-corrected chi connectivity index (χ3v) is 2.23. The molecule has 0 amide bonds. The van der Waals surface area contributed by atoms with Gasteiger partial charge < -0.3 is 0 Å². The molecule has 0 atom stereocenters. The molecule has 0 aliphatic heterocycles. The van der Waals surface area contributed by atoms with Crippen LogP contribution in [0.4, 0.5) is 0 Å². The van der Waals surface area contributed by atoms with Gasteiger partial charge in [-0.15, -0.1) is 0 Å². The molecule has 0 saturated carbocycles. The number of nitrogens with zero attached hydrogens (tertiary/aromatic N) is 2. The maximum Gasteiger partial charge on any atom is 0.247 e. The molecular weight excluding hydrogens is 232 g/mol. The van der Waals surface area contributed by atoms with Crippen molar-refractivity contribution in [2.45, 2.75) is 5.16 Å². The topological polar surface area (TPSA) is 59.9 Å². The minimum absolute atomic E-state index is 0.160. The van der Waals surface area contributed by atoms with Gasteiger partial charge >= 0.3 is 0 Å². The van der Waals surface area contributed by atoms with Gasteiger partial charge in [0.25, 0.3) is 0 Å². The summed E-state index contributed by atoms with van der Waals surface area (Å²) in [5.74, 6) is 0. The molecule has 0 spiro atoms. The molecule has 1 rings (SSSR count). The van der Waals surface area contributed by atoms with Gasteiger partial charge in [-0.25, -0.2) is 18.4 Å². The van der Waals surface area contributed by atoms with Crippen LogP contribution < -0.4 is 0 Å². The van der Waals surface area contributed by atoms with Crippen molar-refractivity contribution in [1.29, 1.82) is 0 Å². The molecule has 0 aromatic carbocycles. The highest BCUT2D eigenvalue weighted by atomic mass is 79.9. The summed E-state index contributed by atoms with van der Waals surface area (Å²) in [5.41, 5.74) is 0. The molecule has 1 heterocycles. The molecule has 0 saturated heterocycles. The first-order valence-corrected chi connectivity index (χ1v) is 5.37. The lowest BCUT2D eigenvalue weighted by Crippen LogP contribution is -2.03. The Balaban J connectivity index is 3.28. The molecule has 0 aliphatic rings. The summed E-state index contributed by atoms with van der Waals surface area (Å²) in [5, 5.41) is -0.160. The highest BCUT2D eigenvalue weighted by Gasteiger charge is 2.09. The number of rotatable bonds is 1. The first-order valence-electron chi connectivity index (χ1n) is 2.69. The number of sulfone groups is 1. The van der Waals surface area contributed by atoms with Crippen molar-refractivity contribution < 1.29 is 8.42 Å². The fourth-order valence-electron chi connectivity index (χ4n) is 0.499. The molecule has 1 aromatic heterocycles. The zero-order valence-corrected chi connectivity index (χ0v) is 8.05. The van der Waals surface area contributed by atoms with E-state index in [0.29, 0.717) is 4.60 Å².